The number of amides is 2. The molecule has 1 N–H and O–H groups in total. The largest absolute Gasteiger partial charge is 0.354 e. The number of carbonyl (C=O) groups excluding carboxylic acids is 2. The lowest BCUT2D eigenvalue weighted by Crippen LogP contribution is -2.41. The molecular formula is C18H28N4O2. The number of piperidine rings is 1. The quantitative estimate of drug-likeness (QED) is 0.916. The normalized spacial score (nSPS) is 18.3. The Morgan fingerprint density at radius 3 is 2.75 bits per heavy atom. The molecule has 1 aliphatic heterocycles. The summed E-state index contributed by atoms with van der Waals surface area (Å²) in [5, 5.41) is 2.57. The molecule has 0 unspecified atom stereocenters. The molecule has 0 aliphatic carbocycles. The average molecular weight is 332 g/mol. The predicted molar refractivity (Wildman–Crippen MR) is 92.5 cm³/mol. The molecule has 2 amide bonds. The van der Waals surface area contributed by atoms with Gasteiger partial charge >= 0.3 is 0 Å². The second-order valence-electron chi connectivity index (χ2n) is 7.76. The Morgan fingerprint density at radius 1 is 1.33 bits per heavy atom. The highest BCUT2D eigenvalue weighted by molar-refractivity contribution is 5.91. The maximum Gasteiger partial charge on any atom is 0.269 e. The summed E-state index contributed by atoms with van der Waals surface area (Å²) in [6, 6.07) is 1.74. The fourth-order valence-electron chi connectivity index (χ4n) is 3.08. The zero-order valence-corrected chi connectivity index (χ0v) is 15.1. The monoisotopic (exact) mass is 332 g/mol. The Kier molecular flexibility index (Phi) is 5.91. The molecule has 1 fully saturated rings. The van der Waals surface area contributed by atoms with Gasteiger partial charge in [-0.25, -0.2) is 9.97 Å². The fraction of sp³-hybridized carbons (Fsp3) is 0.667. The first-order valence-electron chi connectivity index (χ1n) is 8.59. The number of hydrogen-bond acceptors (Lipinski definition) is 4. The fourth-order valence-corrected chi connectivity index (χ4v) is 3.08. The number of aromatic nitrogens is 2. The van der Waals surface area contributed by atoms with Crippen molar-refractivity contribution in [3.8, 4) is 0 Å². The third-order valence-electron chi connectivity index (χ3n) is 4.23. The van der Waals surface area contributed by atoms with Gasteiger partial charge in [0.05, 0.1) is 0 Å². The minimum absolute atomic E-state index is 0.0130. The van der Waals surface area contributed by atoms with Gasteiger partial charge in [-0.3, -0.25) is 9.59 Å². The summed E-state index contributed by atoms with van der Waals surface area (Å²) < 4.78 is 0. The van der Waals surface area contributed by atoms with Gasteiger partial charge < -0.3 is 10.2 Å². The Balaban J connectivity index is 1.98. The lowest BCUT2D eigenvalue weighted by Gasteiger charge is -2.34. The molecule has 1 aliphatic rings. The van der Waals surface area contributed by atoms with Crippen molar-refractivity contribution in [2.24, 2.45) is 11.3 Å². The Morgan fingerprint density at radius 2 is 2.08 bits per heavy atom. The van der Waals surface area contributed by atoms with Crippen LogP contribution >= 0.6 is 0 Å². The first kappa shape index (κ1) is 18.4. The number of carbonyl (C=O) groups is 2. The molecule has 2 rings (SSSR count). The maximum absolute atomic E-state index is 12.4. The topological polar surface area (TPSA) is 75.2 Å². The number of nitrogens with one attached hydrogen (secondary N) is 1. The van der Waals surface area contributed by atoms with Gasteiger partial charge in [-0.15, -0.1) is 0 Å². The molecular weight excluding hydrogens is 304 g/mol. The molecule has 0 bridgehead atoms. The molecule has 0 saturated carbocycles. The molecule has 6 heteroatoms. The predicted octanol–water partition coefficient (Wildman–Crippen LogP) is 2.05. The van der Waals surface area contributed by atoms with Crippen LogP contribution in [0.25, 0.3) is 0 Å². The lowest BCUT2D eigenvalue weighted by atomic mass is 9.89. The van der Waals surface area contributed by atoms with Crippen molar-refractivity contribution in [1.29, 1.82) is 0 Å². The number of hydrogen-bond donors (Lipinski definition) is 1. The van der Waals surface area contributed by atoms with Crippen molar-refractivity contribution >= 4 is 11.8 Å². The summed E-state index contributed by atoms with van der Waals surface area (Å²) in [6.45, 7) is 7.89. The third-order valence-corrected chi connectivity index (χ3v) is 4.23. The second-order valence-corrected chi connectivity index (χ2v) is 7.76. The Labute approximate surface area is 144 Å². The molecule has 2 heterocycles. The molecule has 1 saturated heterocycles. The maximum atomic E-state index is 12.4. The van der Waals surface area contributed by atoms with Crippen LogP contribution in [0, 0.1) is 11.3 Å². The van der Waals surface area contributed by atoms with E-state index in [2.05, 4.69) is 36.1 Å². The van der Waals surface area contributed by atoms with Gasteiger partial charge in [0.15, 0.2) is 0 Å². The van der Waals surface area contributed by atoms with E-state index in [-0.39, 0.29) is 17.2 Å². The van der Waals surface area contributed by atoms with Gasteiger partial charge in [0, 0.05) is 32.3 Å². The van der Waals surface area contributed by atoms with Gasteiger partial charge in [0.25, 0.3) is 5.91 Å². The van der Waals surface area contributed by atoms with Crippen LogP contribution in [-0.4, -0.2) is 46.8 Å². The van der Waals surface area contributed by atoms with Crippen molar-refractivity contribution < 1.29 is 9.59 Å². The van der Waals surface area contributed by atoms with Crippen LogP contribution in [-0.2, 0) is 11.2 Å². The molecule has 6 nitrogen and oxygen atoms in total. The van der Waals surface area contributed by atoms with Gasteiger partial charge in [-0.05, 0) is 36.7 Å². The van der Waals surface area contributed by atoms with Crippen molar-refractivity contribution in [1.82, 2.24) is 20.2 Å². The zero-order chi connectivity index (χ0) is 17.7. The van der Waals surface area contributed by atoms with E-state index < -0.39 is 0 Å². The van der Waals surface area contributed by atoms with Crippen LogP contribution in [0.2, 0.25) is 0 Å². The highest BCUT2D eigenvalue weighted by atomic mass is 16.2. The molecule has 0 aromatic carbocycles. The molecule has 1 aromatic heterocycles. The summed E-state index contributed by atoms with van der Waals surface area (Å²) in [6.07, 6.45) is 4.89. The molecule has 0 radical (unpaired) electrons. The van der Waals surface area contributed by atoms with E-state index in [0.29, 0.717) is 18.0 Å². The van der Waals surface area contributed by atoms with E-state index in [9.17, 15) is 9.59 Å². The van der Waals surface area contributed by atoms with Gasteiger partial charge in [-0.1, -0.05) is 20.8 Å². The van der Waals surface area contributed by atoms with E-state index in [1.807, 2.05) is 4.90 Å². The summed E-state index contributed by atoms with van der Waals surface area (Å²) in [5.74, 6) is 0.417. The van der Waals surface area contributed by atoms with E-state index in [4.69, 9.17) is 0 Å². The lowest BCUT2D eigenvalue weighted by molar-refractivity contribution is -0.134. The minimum Gasteiger partial charge on any atom is -0.354 e. The van der Waals surface area contributed by atoms with E-state index in [1.54, 1.807) is 13.1 Å². The highest BCUT2D eigenvalue weighted by Crippen LogP contribution is 2.24. The summed E-state index contributed by atoms with van der Waals surface area (Å²) in [7, 11) is 1.59. The summed E-state index contributed by atoms with van der Waals surface area (Å²) in [4.78, 5) is 34.4. The number of rotatable bonds is 4. The molecule has 0 spiro atoms. The molecule has 1 aromatic rings. The van der Waals surface area contributed by atoms with Crippen molar-refractivity contribution in [2.45, 2.75) is 46.5 Å². The average Bonchev–Trinajstić information content (AvgIpc) is 2.53. The second kappa shape index (κ2) is 7.73. The minimum atomic E-state index is -0.204. The van der Waals surface area contributed by atoms with Crippen LogP contribution in [0.3, 0.4) is 0 Å². The van der Waals surface area contributed by atoms with Crippen LogP contribution in [0.15, 0.2) is 12.4 Å². The Bertz CT molecular complexity index is 595. The van der Waals surface area contributed by atoms with Crippen LogP contribution < -0.4 is 5.32 Å². The van der Waals surface area contributed by atoms with Crippen LogP contribution in [0.4, 0.5) is 0 Å². The number of likely N-dealkylation sites (tertiary alicyclic amines) is 1. The summed E-state index contributed by atoms with van der Waals surface area (Å²) in [5.41, 5.74) is 1.26. The third kappa shape index (κ3) is 5.28. The molecule has 132 valence electrons. The van der Waals surface area contributed by atoms with Gasteiger partial charge in [-0.2, -0.15) is 0 Å². The SMILES string of the molecule is CNC(=O)c1cc(C[C@@H]2CCCN(C(=O)CC(C)(C)C)C2)ncn1. The van der Waals surface area contributed by atoms with Crippen molar-refractivity contribution in [3.63, 3.8) is 0 Å². The number of nitrogens with zero attached hydrogens (tertiary/aromatic N) is 3. The van der Waals surface area contributed by atoms with Crippen LogP contribution in [0.5, 0.6) is 0 Å². The van der Waals surface area contributed by atoms with Gasteiger partial charge in [0.2, 0.25) is 5.91 Å². The van der Waals surface area contributed by atoms with E-state index in [0.717, 1.165) is 38.0 Å². The smallest absolute Gasteiger partial charge is 0.269 e. The summed E-state index contributed by atoms with van der Waals surface area (Å²) >= 11 is 0. The van der Waals surface area contributed by atoms with E-state index >= 15 is 0 Å². The van der Waals surface area contributed by atoms with Crippen LogP contribution in [0.1, 0.15) is 56.2 Å². The molecule has 24 heavy (non-hydrogen) atoms. The zero-order valence-electron chi connectivity index (χ0n) is 15.1. The first-order valence-corrected chi connectivity index (χ1v) is 8.59. The first-order chi connectivity index (χ1) is 11.3. The van der Waals surface area contributed by atoms with E-state index in [1.165, 1.54) is 6.33 Å². The molecule has 1 atom stereocenters. The van der Waals surface area contributed by atoms with Crippen molar-refractivity contribution in [2.75, 3.05) is 20.1 Å². The van der Waals surface area contributed by atoms with Gasteiger partial charge in [0.1, 0.15) is 12.0 Å². The highest BCUT2D eigenvalue weighted by Gasteiger charge is 2.27. The Hall–Kier alpha value is -1.98. The standard InChI is InChI=1S/C18H28N4O2/c1-18(2,3)10-16(23)22-7-5-6-13(11-22)8-14-9-15(17(24)19-4)21-12-20-14/h9,12-13H,5-8,10-11H2,1-4H3,(H,19,24)/t13-/m0/s1. The van der Waals surface area contributed by atoms with Crippen molar-refractivity contribution in [3.05, 3.63) is 23.8 Å².